The number of nitrogens with one attached hydrogen (secondary N) is 1. The van der Waals surface area contributed by atoms with Crippen molar-refractivity contribution >= 4 is 75.2 Å². The van der Waals surface area contributed by atoms with Crippen LogP contribution in [0.3, 0.4) is 0 Å². The van der Waals surface area contributed by atoms with E-state index >= 15 is 0 Å². The van der Waals surface area contributed by atoms with Gasteiger partial charge in [0.1, 0.15) is 6.54 Å². The Morgan fingerprint density at radius 1 is 0.973 bits per heavy atom. The Balaban J connectivity index is 2.24. The summed E-state index contributed by atoms with van der Waals surface area (Å²) in [4.78, 5) is 0.498. The van der Waals surface area contributed by atoms with Crippen molar-refractivity contribution in [3.8, 4) is 0 Å². The second-order valence-corrected chi connectivity index (χ2v) is 11.1. The molecule has 2 aromatic rings. The van der Waals surface area contributed by atoms with E-state index in [0.717, 1.165) is 18.2 Å². The Bertz CT molecular complexity index is 1180. The fourth-order valence-corrected chi connectivity index (χ4v) is 4.82. The Morgan fingerprint density at radius 3 is 2.03 bits per heavy atom. The van der Waals surface area contributed by atoms with E-state index in [0.29, 0.717) is 21.6 Å². The van der Waals surface area contributed by atoms with Gasteiger partial charge in [-0.2, -0.15) is 26.3 Å². The Labute approximate surface area is 237 Å². The predicted molar refractivity (Wildman–Crippen MR) is 147 cm³/mol. The minimum absolute atomic E-state index is 0.0285. The normalized spacial score (nSPS) is 13.6. The van der Waals surface area contributed by atoms with Crippen LogP contribution in [0.4, 0.5) is 26.3 Å². The number of allylic oxidation sites excluding steroid dienone is 1. The molecule has 0 spiro atoms. The number of benzene rings is 2. The Kier molecular flexibility index (Phi) is 10.5. The van der Waals surface area contributed by atoms with Gasteiger partial charge in [-0.25, -0.2) is 0 Å². The first-order valence-corrected chi connectivity index (χ1v) is 12.6. The molecule has 37 heavy (non-hydrogen) atoms. The van der Waals surface area contributed by atoms with Crippen LogP contribution in [0.25, 0.3) is 6.08 Å². The summed E-state index contributed by atoms with van der Waals surface area (Å²) in [5.41, 5.74) is 0.839. The van der Waals surface area contributed by atoms with Crippen LogP contribution in [0.15, 0.2) is 36.4 Å². The molecule has 2 rings (SSSR count). The van der Waals surface area contributed by atoms with E-state index in [1.807, 2.05) is 0 Å². The fraction of sp³-hybridized carbons (Fsp3) is 0.360. The molecule has 12 heteroatoms. The van der Waals surface area contributed by atoms with Crippen molar-refractivity contribution in [2.75, 3.05) is 6.54 Å². The van der Waals surface area contributed by atoms with Crippen molar-refractivity contribution < 1.29 is 26.3 Å². The molecular weight excluding hydrogens is 599 g/mol. The van der Waals surface area contributed by atoms with Gasteiger partial charge in [0.05, 0.1) is 26.0 Å². The predicted octanol–water partition coefficient (Wildman–Crippen LogP) is 9.93. The summed E-state index contributed by atoms with van der Waals surface area (Å²) in [6.07, 6.45) is -6.49. The largest absolute Gasteiger partial charge is 0.405 e. The average Bonchev–Trinajstić information content (AvgIpc) is 2.74. The molecule has 2 aromatic carbocycles. The van der Waals surface area contributed by atoms with E-state index in [2.05, 4.69) is 5.32 Å². The third-order valence-electron chi connectivity index (χ3n) is 5.42. The van der Waals surface area contributed by atoms with E-state index in [4.69, 9.17) is 59.2 Å². The maximum absolute atomic E-state index is 13.8. The zero-order valence-corrected chi connectivity index (χ0v) is 23.7. The number of rotatable bonds is 8. The second-order valence-electron chi connectivity index (χ2n) is 9.03. The van der Waals surface area contributed by atoms with Crippen LogP contribution < -0.4 is 5.32 Å². The summed E-state index contributed by atoms with van der Waals surface area (Å²) in [6.45, 7) is 3.87. The van der Waals surface area contributed by atoms with Crippen LogP contribution in [0, 0.1) is 12.3 Å². The highest BCUT2D eigenvalue weighted by atomic mass is 35.5. The summed E-state index contributed by atoms with van der Waals surface area (Å²) in [6, 6.07) is 7.19. The van der Waals surface area contributed by atoms with Gasteiger partial charge in [-0.15, -0.1) is 0 Å². The highest BCUT2D eigenvalue weighted by molar-refractivity contribution is 7.81. The number of halogens is 9. The molecule has 0 aliphatic heterocycles. The van der Waals surface area contributed by atoms with Gasteiger partial charge < -0.3 is 5.32 Å². The van der Waals surface area contributed by atoms with E-state index in [-0.39, 0.29) is 32.0 Å². The minimum atomic E-state index is -4.61. The lowest BCUT2D eigenvalue weighted by molar-refractivity contribution is -0.139. The molecule has 0 saturated heterocycles. The Hall–Kier alpha value is -1.39. The molecule has 0 aliphatic carbocycles. The maximum Gasteiger partial charge on any atom is 0.405 e. The van der Waals surface area contributed by atoms with Gasteiger partial charge in [0.15, 0.2) is 0 Å². The molecule has 1 nitrogen and oxygen atoms in total. The van der Waals surface area contributed by atoms with Crippen LogP contribution in [0.2, 0.25) is 15.1 Å². The summed E-state index contributed by atoms with van der Waals surface area (Å²) < 4.78 is 78.9. The van der Waals surface area contributed by atoms with Crippen molar-refractivity contribution in [3.63, 3.8) is 0 Å². The molecule has 0 amide bonds. The van der Waals surface area contributed by atoms with Gasteiger partial charge in [-0.1, -0.05) is 103 Å². The van der Waals surface area contributed by atoms with Gasteiger partial charge in [-0.3, -0.25) is 0 Å². The molecule has 1 atom stereocenters. The molecule has 1 N–H and O–H groups in total. The van der Waals surface area contributed by atoms with E-state index in [9.17, 15) is 26.3 Å². The molecular formula is C25H22Cl3F6NS2. The van der Waals surface area contributed by atoms with Crippen LogP contribution in [0.5, 0.6) is 0 Å². The maximum atomic E-state index is 13.8. The molecule has 0 aromatic heterocycles. The molecule has 0 saturated carbocycles. The third kappa shape index (κ3) is 9.10. The lowest BCUT2D eigenvalue weighted by atomic mass is 9.84. The summed E-state index contributed by atoms with van der Waals surface area (Å²) in [5, 5.41) is 2.03. The van der Waals surface area contributed by atoms with Gasteiger partial charge >= 0.3 is 12.4 Å². The second kappa shape index (κ2) is 12.2. The SMILES string of the molecule is Cc1cc(/C=C/C(c2cc(Cl)c(Cl)c(Cl)c2)C(F)(F)F)ccc1C(=S)CC(C)(C)C(=S)NCC(F)(F)F. The zero-order valence-electron chi connectivity index (χ0n) is 19.8. The summed E-state index contributed by atoms with van der Waals surface area (Å²) >= 11 is 28.4. The van der Waals surface area contributed by atoms with Gasteiger partial charge in [-0.05, 0) is 47.7 Å². The van der Waals surface area contributed by atoms with Crippen molar-refractivity contribution in [2.24, 2.45) is 5.41 Å². The number of hydrogen-bond donors (Lipinski definition) is 1. The zero-order chi connectivity index (χ0) is 28.3. The van der Waals surface area contributed by atoms with Gasteiger partial charge in [0, 0.05) is 10.3 Å². The lowest BCUT2D eigenvalue weighted by Crippen LogP contribution is -2.41. The van der Waals surface area contributed by atoms with Crippen molar-refractivity contribution in [2.45, 2.75) is 45.5 Å². The smallest absolute Gasteiger partial charge is 0.371 e. The van der Waals surface area contributed by atoms with Crippen molar-refractivity contribution in [3.05, 3.63) is 73.7 Å². The number of hydrogen-bond acceptors (Lipinski definition) is 2. The van der Waals surface area contributed by atoms with E-state index < -0.39 is 30.2 Å². The van der Waals surface area contributed by atoms with E-state index in [1.54, 1.807) is 39.0 Å². The average molecular weight is 621 g/mol. The van der Waals surface area contributed by atoms with E-state index in [1.165, 1.54) is 6.08 Å². The van der Waals surface area contributed by atoms with Crippen molar-refractivity contribution in [1.82, 2.24) is 5.32 Å². The highest BCUT2D eigenvalue weighted by Crippen LogP contribution is 2.41. The highest BCUT2D eigenvalue weighted by Gasteiger charge is 2.39. The fourth-order valence-electron chi connectivity index (χ4n) is 3.47. The molecule has 0 radical (unpaired) electrons. The summed E-state index contributed by atoms with van der Waals surface area (Å²) in [5.74, 6) is -1.98. The monoisotopic (exact) mass is 619 g/mol. The first-order chi connectivity index (χ1) is 16.8. The topological polar surface area (TPSA) is 12.0 Å². The molecule has 0 aliphatic rings. The Morgan fingerprint density at radius 2 is 1.54 bits per heavy atom. The minimum Gasteiger partial charge on any atom is -0.371 e. The van der Waals surface area contributed by atoms with Crippen LogP contribution in [0.1, 0.15) is 48.4 Å². The standard InChI is InChI=1S/C25H22Cl3F6NS2/c1-13-8-14(5-7-17(25(32,33)34)15-9-18(26)21(28)19(27)10-15)4-6-16(13)20(36)11-23(2,3)22(37)35-12-24(29,30)31/h4-10,17H,11-12H2,1-3H3,(H,35,37)/b7-5+. The first-order valence-electron chi connectivity index (χ1n) is 10.7. The molecule has 0 heterocycles. The van der Waals surface area contributed by atoms with Gasteiger partial charge in [0.25, 0.3) is 0 Å². The van der Waals surface area contributed by atoms with Crippen LogP contribution >= 0.6 is 59.2 Å². The third-order valence-corrected chi connectivity index (χ3v) is 7.67. The summed E-state index contributed by atoms with van der Waals surface area (Å²) in [7, 11) is 0. The lowest BCUT2D eigenvalue weighted by Gasteiger charge is -2.27. The van der Waals surface area contributed by atoms with Crippen LogP contribution in [-0.2, 0) is 0 Å². The molecule has 0 bridgehead atoms. The van der Waals surface area contributed by atoms with Crippen molar-refractivity contribution in [1.29, 1.82) is 0 Å². The number of thiocarbonyl (C=S) groups is 2. The van der Waals surface area contributed by atoms with Crippen LogP contribution in [-0.4, -0.2) is 28.8 Å². The molecule has 202 valence electrons. The molecule has 0 fully saturated rings. The van der Waals surface area contributed by atoms with Gasteiger partial charge in [0.2, 0.25) is 0 Å². The first kappa shape index (κ1) is 31.8. The quantitative estimate of drug-likeness (QED) is 0.137. The number of alkyl halides is 6. The number of aryl methyl sites for hydroxylation is 1. The molecule has 1 unspecified atom stereocenters.